The lowest BCUT2D eigenvalue weighted by Crippen LogP contribution is -2.21. The molecule has 0 aliphatic carbocycles. The van der Waals surface area contributed by atoms with Gasteiger partial charge in [0.2, 0.25) is 0 Å². The molecule has 4 aromatic rings. The molecule has 3 aromatic carbocycles. The number of aromatic nitrogens is 3. The normalized spacial score (nSPS) is 11.1. The first-order valence-corrected chi connectivity index (χ1v) is 12.8. The molecular formula is C26H26Br2N4O2. The van der Waals surface area contributed by atoms with Crippen molar-refractivity contribution in [1.82, 2.24) is 15.0 Å². The average Bonchev–Trinajstić information content (AvgIpc) is 3.20. The second kappa shape index (κ2) is 10.7. The zero-order valence-electron chi connectivity index (χ0n) is 19.4. The van der Waals surface area contributed by atoms with Gasteiger partial charge in [-0.2, -0.15) is 4.80 Å². The molecule has 0 fully saturated rings. The molecule has 0 atom stereocenters. The SMILES string of the molecule is CCCCc1ccc(-n2nc3cc(C)c(NC(=O)COc4c(C)cc(Br)cc4Br)cc3n2)cc1. The first kappa shape index (κ1) is 24.4. The Morgan fingerprint density at radius 3 is 2.38 bits per heavy atom. The van der Waals surface area contributed by atoms with E-state index in [1.807, 2.05) is 50.2 Å². The fraction of sp³-hybridized carbons (Fsp3) is 0.269. The highest BCUT2D eigenvalue weighted by atomic mass is 79.9. The van der Waals surface area contributed by atoms with E-state index in [0.717, 1.165) is 37.7 Å². The number of rotatable bonds is 8. The predicted molar refractivity (Wildman–Crippen MR) is 143 cm³/mol. The summed E-state index contributed by atoms with van der Waals surface area (Å²) in [5.74, 6) is 0.404. The third-order valence-electron chi connectivity index (χ3n) is 5.53. The number of ether oxygens (including phenoxy) is 1. The zero-order valence-corrected chi connectivity index (χ0v) is 22.5. The smallest absolute Gasteiger partial charge is 0.262 e. The van der Waals surface area contributed by atoms with Gasteiger partial charge >= 0.3 is 0 Å². The maximum absolute atomic E-state index is 12.6. The number of aryl methyl sites for hydroxylation is 3. The summed E-state index contributed by atoms with van der Waals surface area (Å²) in [5.41, 5.74) is 6.24. The number of nitrogens with one attached hydrogen (secondary N) is 1. The topological polar surface area (TPSA) is 69.0 Å². The number of carbonyl (C=O) groups excluding carboxylic acids is 1. The van der Waals surface area contributed by atoms with Crippen molar-refractivity contribution in [1.29, 1.82) is 0 Å². The molecule has 34 heavy (non-hydrogen) atoms. The highest BCUT2D eigenvalue weighted by Crippen LogP contribution is 2.32. The number of fused-ring (bicyclic) bond motifs is 1. The van der Waals surface area contributed by atoms with Gasteiger partial charge in [0.1, 0.15) is 16.8 Å². The maximum Gasteiger partial charge on any atom is 0.262 e. The fourth-order valence-electron chi connectivity index (χ4n) is 3.69. The van der Waals surface area contributed by atoms with Crippen LogP contribution in [0.25, 0.3) is 16.7 Å². The largest absolute Gasteiger partial charge is 0.482 e. The third kappa shape index (κ3) is 5.67. The molecule has 0 saturated carbocycles. The Balaban J connectivity index is 1.47. The van der Waals surface area contributed by atoms with Crippen LogP contribution in [0, 0.1) is 13.8 Å². The van der Waals surface area contributed by atoms with E-state index in [2.05, 4.69) is 66.4 Å². The van der Waals surface area contributed by atoms with Crippen LogP contribution < -0.4 is 10.1 Å². The fourth-order valence-corrected chi connectivity index (χ4v) is 5.24. The molecule has 0 aliphatic rings. The Labute approximate surface area is 216 Å². The quantitative estimate of drug-likeness (QED) is 0.244. The Morgan fingerprint density at radius 1 is 1.00 bits per heavy atom. The standard InChI is InChI=1S/C26H26Br2N4O2/c1-4-5-6-18-7-9-20(10-8-18)32-30-23-12-16(2)22(14-24(23)31-32)29-25(33)15-34-26-17(3)11-19(27)13-21(26)28/h7-14H,4-6,15H2,1-3H3,(H,29,33). The lowest BCUT2D eigenvalue weighted by molar-refractivity contribution is -0.118. The number of benzene rings is 3. The summed E-state index contributed by atoms with van der Waals surface area (Å²) in [6.45, 7) is 5.97. The Hall–Kier alpha value is -2.71. The summed E-state index contributed by atoms with van der Waals surface area (Å²) in [6.07, 6.45) is 3.44. The van der Waals surface area contributed by atoms with Crippen LogP contribution in [0.1, 0.15) is 36.5 Å². The van der Waals surface area contributed by atoms with Gasteiger partial charge in [0.15, 0.2) is 6.61 Å². The van der Waals surface area contributed by atoms with E-state index in [0.29, 0.717) is 17.0 Å². The Morgan fingerprint density at radius 2 is 1.71 bits per heavy atom. The highest BCUT2D eigenvalue weighted by Gasteiger charge is 2.13. The summed E-state index contributed by atoms with van der Waals surface area (Å²) in [6, 6.07) is 15.9. The summed E-state index contributed by atoms with van der Waals surface area (Å²) >= 11 is 6.94. The average molecular weight is 586 g/mol. The van der Waals surface area contributed by atoms with E-state index in [-0.39, 0.29) is 12.5 Å². The minimum Gasteiger partial charge on any atom is -0.482 e. The first-order valence-electron chi connectivity index (χ1n) is 11.2. The molecule has 0 aliphatic heterocycles. The highest BCUT2D eigenvalue weighted by molar-refractivity contribution is 9.11. The number of nitrogens with zero attached hydrogens (tertiary/aromatic N) is 3. The zero-order chi connectivity index (χ0) is 24.2. The maximum atomic E-state index is 12.6. The number of hydrogen-bond acceptors (Lipinski definition) is 4. The van der Waals surface area contributed by atoms with E-state index in [1.54, 1.807) is 4.80 Å². The van der Waals surface area contributed by atoms with Crippen molar-refractivity contribution < 1.29 is 9.53 Å². The monoisotopic (exact) mass is 584 g/mol. The van der Waals surface area contributed by atoms with Crippen LogP contribution in [-0.2, 0) is 11.2 Å². The van der Waals surface area contributed by atoms with E-state index in [4.69, 9.17) is 4.74 Å². The molecule has 1 amide bonds. The minimum atomic E-state index is -0.244. The van der Waals surface area contributed by atoms with Gasteiger partial charge in [-0.25, -0.2) is 0 Å². The van der Waals surface area contributed by atoms with Crippen molar-refractivity contribution in [3.63, 3.8) is 0 Å². The lowest BCUT2D eigenvalue weighted by atomic mass is 10.1. The summed E-state index contributed by atoms with van der Waals surface area (Å²) in [7, 11) is 0. The van der Waals surface area contributed by atoms with Crippen molar-refractivity contribution in [3.8, 4) is 11.4 Å². The van der Waals surface area contributed by atoms with Gasteiger partial charge in [0.05, 0.1) is 10.2 Å². The molecule has 0 bridgehead atoms. The van der Waals surface area contributed by atoms with E-state index >= 15 is 0 Å². The molecule has 0 unspecified atom stereocenters. The Bertz CT molecular complexity index is 1310. The van der Waals surface area contributed by atoms with Crippen molar-refractivity contribution >= 4 is 54.5 Å². The van der Waals surface area contributed by atoms with Crippen molar-refractivity contribution in [2.45, 2.75) is 40.0 Å². The van der Waals surface area contributed by atoms with E-state index < -0.39 is 0 Å². The number of halogens is 2. The van der Waals surface area contributed by atoms with Crippen LogP contribution in [-0.4, -0.2) is 27.5 Å². The van der Waals surface area contributed by atoms with Crippen LogP contribution in [0.4, 0.5) is 5.69 Å². The van der Waals surface area contributed by atoms with Crippen LogP contribution in [0.5, 0.6) is 5.75 Å². The first-order chi connectivity index (χ1) is 16.3. The van der Waals surface area contributed by atoms with E-state index in [9.17, 15) is 4.79 Å². The van der Waals surface area contributed by atoms with Crippen molar-refractivity contribution in [3.05, 3.63) is 74.2 Å². The summed E-state index contributed by atoms with van der Waals surface area (Å²) in [5, 5.41) is 12.2. The third-order valence-corrected chi connectivity index (χ3v) is 6.58. The molecule has 1 heterocycles. The molecule has 0 saturated heterocycles. The minimum absolute atomic E-state index is 0.102. The summed E-state index contributed by atoms with van der Waals surface area (Å²) in [4.78, 5) is 14.2. The molecule has 6 nitrogen and oxygen atoms in total. The van der Waals surface area contributed by atoms with Crippen LogP contribution in [0.15, 0.2) is 57.5 Å². The van der Waals surface area contributed by atoms with Gasteiger partial charge < -0.3 is 10.1 Å². The second-order valence-corrected chi connectivity index (χ2v) is 10.1. The van der Waals surface area contributed by atoms with Gasteiger partial charge in [-0.15, -0.1) is 10.2 Å². The van der Waals surface area contributed by atoms with Gasteiger partial charge in [0, 0.05) is 10.2 Å². The van der Waals surface area contributed by atoms with Gasteiger partial charge in [-0.05, 0) is 95.7 Å². The number of hydrogen-bond donors (Lipinski definition) is 1. The van der Waals surface area contributed by atoms with Crippen molar-refractivity contribution in [2.75, 3.05) is 11.9 Å². The Kier molecular flexibility index (Phi) is 7.68. The van der Waals surface area contributed by atoms with Crippen molar-refractivity contribution in [2.24, 2.45) is 0 Å². The number of unbranched alkanes of at least 4 members (excludes halogenated alkanes) is 1. The second-order valence-electron chi connectivity index (χ2n) is 8.29. The number of amides is 1. The number of carbonyl (C=O) groups is 1. The molecule has 4 rings (SSSR count). The van der Waals surface area contributed by atoms with E-state index in [1.165, 1.54) is 18.4 Å². The van der Waals surface area contributed by atoms with Crippen LogP contribution in [0.3, 0.4) is 0 Å². The molecule has 8 heteroatoms. The molecule has 0 spiro atoms. The molecular weight excluding hydrogens is 560 g/mol. The van der Waals surface area contributed by atoms with Crippen LogP contribution in [0.2, 0.25) is 0 Å². The molecule has 1 aromatic heterocycles. The molecule has 1 N–H and O–H groups in total. The molecule has 0 radical (unpaired) electrons. The lowest BCUT2D eigenvalue weighted by Gasteiger charge is -2.12. The predicted octanol–water partition coefficient (Wildman–Crippen LogP) is 6.92. The summed E-state index contributed by atoms with van der Waals surface area (Å²) < 4.78 is 7.50. The van der Waals surface area contributed by atoms with Crippen LogP contribution >= 0.6 is 31.9 Å². The van der Waals surface area contributed by atoms with Gasteiger partial charge in [-0.1, -0.05) is 41.4 Å². The molecule has 176 valence electrons. The number of anilines is 1. The van der Waals surface area contributed by atoms with Gasteiger partial charge in [0.25, 0.3) is 5.91 Å². The van der Waals surface area contributed by atoms with Gasteiger partial charge in [-0.3, -0.25) is 4.79 Å².